The number of nitrogen functional groups attached to an aromatic ring is 1. The highest BCUT2D eigenvalue weighted by molar-refractivity contribution is 5.78. The fourth-order valence-electron chi connectivity index (χ4n) is 5.39. The van der Waals surface area contributed by atoms with Crippen molar-refractivity contribution < 1.29 is 23.7 Å². The topological polar surface area (TPSA) is 124 Å². The molecule has 0 radical (unpaired) electrons. The standard InChI is InChI=1S/C33H44N6O5/c1-23(2)32(40)39-16-14-38(15-17-39)13-4-18-43-31-22-25(6-8-30(31)41-3)36-33-35-12-9-28(37-33)24-5-7-29(27(34)21-24)44-26-10-19-42-20-11-26/h5-9,12,21-23,26H,4,10-11,13-20,34H2,1-3H3,(H,35,36,37). The first-order valence-corrected chi connectivity index (χ1v) is 15.5. The number of carbonyl (C=O) groups is 1. The van der Waals surface area contributed by atoms with E-state index in [-0.39, 0.29) is 17.9 Å². The summed E-state index contributed by atoms with van der Waals surface area (Å²) >= 11 is 0. The molecule has 3 N–H and O–H groups in total. The number of anilines is 3. The molecule has 2 fully saturated rings. The van der Waals surface area contributed by atoms with Crippen LogP contribution in [0.15, 0.2) is 48.7 Å². The number of hydrogen-bond donors (Lipinski definition) is 2. The van der Waals surface area contributed by atoms with Crippen LogP contribution in [0.1, 0.15) is 33.1 Å². The molecule has 3 heterocycles. The summed E-state index contributed by atoms with van der Waals surface area (Å²) in [7, 11) is 1.63. The molecule has 5 rings (SSSR count). The molecule has 236 valence electrons. The van der Waals surface area contributed by atoms with Gasteiger partial charge in [-0.2, -0.15) is 0 Å². The van der Waals surface area contributed by atoms with Crippen molar-refractivity contribution in [1.29, 1.82) is 0 Å². The molecule has 0 atom stereocenters. The minimum Gasteiger partial charge on any atom is -0.493 e. The maximum atomic E-state index is 12.2. The lowest BCUT2D eigenvalue weighted by atomic mass is 10.1. The lowest BCUT2D eigenvalue weighted by Crippen LogP contribution is -2.50. The Hall–Kier alpha value is -4.09. The van der Waals surface area contributed by atoms with Crippen LogP contribution >= 0.6 is 0 Å². The molecule has 0 bridgehead atoms. The number of nitrogens with one attached hydrogen (secondary N) is 1. The summed E-state index contributed by atoms with van der Waals surface area (Å²) < 4.78 is 23.2. The molecule has 0 spiro atoms. The van der Waals surface area contributed by atoms with Gasteiger partial charge in [0.05, 0.1) is 38.3 Å². The maximum Gasteiger partial charge on any atom is 0.227 e. The Morgan fingerprint density at radius 3 is 2.55 bits per heavy atom. The van der Waals surface area contributed by atoms with E-state index >= 15 is 0 Å². The number of nitrogens with zero attached hydrogens (tertiary/aromatic N) is 4. The van der Waals surface area contributed by atoms with E-state index in [4.69, 9.17) is 29.7 Å². The van der Waals surface area contributed by atoms with Crippen molar-refractivity contribution >= 4 is 23.2 Å². The first-order chi connectivity index (χ1) is 21.4. The monoisotopic (exact) mass is 604 g/mol. The van der Waals surface area contributed by atoms with Gasteiger partial charge in [0.15, 0.2) is 11.5 Å². The van der Waals surface area contributed by atoms with Gasteiger partial charge in [0.25, 0.3) is 0 Å². The van der Waals surface area contributed by atoms with Crippen molar-refractivity contribution in [2.24, 2.45) is 5.92 Å². The molecule has 2 aromatic carbocycles. The molecule has 2 aliphatic rings. The van der Waals surface area contributed by atoms with E-state index in [2.05, 4.69) is 15.2 Å². The molecule has 2 aliphatic heterocycles. The van der Waals surface area contributed by atoms with Crippen LogP contribution in [0.25, 0.3) is 11.3 Å². The highest BCUT2D eigenvalue weighted by Crippen LogP contribution is 2.33. The van der Waals surface area contributed by atoms with Crippen molar-refractivity contribution in [2.45, 2.75) is 39.2 Å². The van der Waals surface area contributed by atoms with Crippen molar-refractivity contribution in [3.8, 4) is 28.5 Å². The van der Waals surface area contributed by atoms with Gasteiger partial charge in [-0.05, 0) is 42.8 Å². The molecule has 0 saturated carbocycles. The van der Waals surface area contributed by atoms with Gasteiger partial charge in [-0.1, -0.05) is 13.8 Å². The van der Waals surface area contributed by atoms with Gasteiger partial charge in [0, 0.05) is 75.0 Å². The third-order valence-corrected chi connectivity index (χ3v) is 7.90. The first-order valence-electron chi connectivity index (χ1n) is 15.5. The van der Waals surface area contributed by atoms with Gasteiger partial charge in [0.2, 0.25) is 11.9 Å². The lowest BCUT2D eigenvalue weighted by Gasteiger charge is -2.35. The van der Waals surface area contributed by atoms with Gasteiger partial charge < -0.3 is 34.9 Å². The van der Waals surface area contributed by atoms with Crippen molar-refractivity contribution in [2.75, 3.05) is 70.7 Å². The highest BCUT2D eigenvalue weighted by Gasteiger charge is 2.22. The van der Waals surface area contributed by atoms with Crippen molar-refractivity contribution in [1.82, 2.24) is 19.8 Å². The van der Waals surface area contributed by atoms with E-state index in [0.29, 0.717) is 48.7 Å². The molecule has 3 aromatic rings. The molecule has 2 saturated heterocycles. The number of ether oxygens (including phenoxy) is 4. The third kappa shape index (κ3) is 8.29. The van der Waals surface area contributed by atoms with E-state index in [9.17, 15) is 4.79 Å². The quantitative estimate of drug-likeness (QED) is 0.224. The van der Waals surface area contributed by atoms with Gasteiger partial charge >= 0.3 is 0 Å². The number of methoxy groups -OCH3 is 1. The number of hydrogen-bond acceptors (Lipinski definition) is 10. The predicted molar refractivity (Wildman–Crippen MR) is 171 cm³/mol. The smallest absolute Gasteiger partial charge is 0.227 e. The summed E-state index contributed by atoms with van der Waals surface area (Å²) in [5.41, 5.74) is 9.31. The number of amides is 1. The molecule has 1 amide bonds. The highest BCUT2D eigenvalue weighted by atomic mass is 16.5. The van der Waals surface area contributed by atoms with Crippen LogP contribution in [-0.2, 0) is 9.53 Å². The average molecular weight is 605 g/mol. The molecule has 44 heavy (non-hydrogen) atoms. The minimum absolute atomic E-state index is 0.0465. The zero-order chi connectivity index (χ0) is 30.9. The minimum atomic E-state index is 0.0465. The largest absolute Gasteiger partial charge is 0.493 e. The van der Waals surface area contributed by atoms with E-state index in [1.54, 1.807) is 13.3 Å². The Labute approximate surface area is 259 Å². The Bertz CT molecular complexity index is 1390. The fourth-order valence-corrected chi connectivity index (χ4v) is 5.39. The third-order valence-electron chi connectivity index (χ3n) is 7.90. The normalized spacial score (nSPS) is 16.1. The second-order valence-corrected chi connectivity index (χ2v) is 11.5. The molecular weight excluding hydrogens is 560 g/mol. The first kappa shape index (κ1) is 31.3. The van der Waals surface area contributed by atoms with Crippen molar-refractivity contribution in [3.63, 3.8) is 0 Å². The van der Waals surface area contributed by atoms with Crippen LogP contribution in [0.3, 0.4) is 0 Å². The molecule has 11 heteroatoms. The van der Waals surface area contributed by atoms with Crippen LogP contribution in [-0.4, -0.2) is 91.4 Å². The number of rotatable bonds is 12. The molecule has 0 unspecified atom stereocenters. The molecule has 0 aliphatic carbocycles. The number of piperazine rings is 1. The number of carbonyl (C=O) groups excluding carboxylic acids is 1. The van der Waals surface area contributed by atoms with E-state index in [1.807, 2.05) is 61.2 Å². The predicted octanol–water partition coefficient (Wildman–Crippen LogP) is 4.60. The van der Waals surface area contributed by atoms with Crippen LogP contribution in [0.5, 0.6) is 17.2 Å². The summed E-state index contributed by atoms with van der Waals surface area (Å²) in [6, 6.07) is 13.3. The Balaban J connectivity index is 1.15. The maximum absolute atomic E-state index is 12.2. The van der Waals surface area contributed by atoms with Gasteiger partial charge in [0.1, 0.15) is 11.9 Å². The SMILES string of the molecule is COc1ccc(Nc2nccc(-c3ccc(OC4CCOCC4)c(N)c3)n2)cc1OCCCN1CCN(C(=O)C(C)C)CC1. The van der Waals surface area contributed by atoms with Gasteiger partial charge in [-0.3, -0.25) is 9.69 Å². The second-order valence-electron chi connectivity index (χ2n) is 11.5. The molecular formula is C33H44N6O5. The van der Waals surface area contributed by atoms with Crippen LogP contribution in [0.2, 0.25) is 0 Å². The average Bonchev–Trinajstić information content (AvgIpc) is 3.04. The summed E-state index contributed by atoms with van der Waals surface area (Å²) in [6.45, 7) is 10.1. The zero-order valence-corrected chi connectivity index (χ0v) is 26.0. The van der Waals surface area contributed by atoms with Crippen LogP contribution in [0, 0.1) is 5.92 Å². The second kappa shape index (κ2) is 15.1. The Morgan fingerprint density at radius 1 is 1.05 bits per heavy atom. The Kier molecular flexibility index (Phi) is 10.7. The van der Waals surface area contributed by atoms with E-state index in [1.165, 1.54) is 0 Å². The lowest BCUT2D eigenvalue weighted by molar-refractivity contribution is -0.136. The van der Waals surface area contributed by atoms with E-state index in [0.717, 1.165) is 68.9 Å². The van der Waals surface area contributed by atoms with Crippen molar-refractivity contribution in [3.05, 3.63) is 48.7 Å². The summed E-state index contributed by atoms with van der Waals surface area (Å²) in [5.74, 6) is 2.72. The number of nitrogens with two attached hydrogens (primary N) is 1. The van der Waals surface area contributed by atoms with Gasteiger partial charge in [-0.25, -0.2) is 9.97 Å². The molecule has 11 nitrogen and oxygen atoms in total. The Morgan fingerprint density at radius 2 is 1.82 bits per heavy atom. The van der Waals surface area contributed by atoms with Crippen LogP contribution in [0.4, 0.5) is 17.3 Å². The zero-order valence-electron chi connectivity index (χ0n) is 26.0. The number of benzene rings is 2. The number of aromatic nitrogens is 2. The summed E-state index contributed by atoms with van der Waals surface area (Å²) in [4.78, 5) is 25.7. The summed E-state index contributed by atoms with van der Waals surface area (Å²) in [5, 5.41) is 3.28. The summed E-state index contributed by atoms with van der Waals surface area (Å²) in [6.07, 6.45) is 4.42. The molecule has 1 aromatic heterocycles. The van der Waals surface area contributed by atoms with E-state index < -0.39 is 0 Å². The van der Waals surface area contributed by atoms with Gasteiger partial charge in [-0.15, -0.1) is 0 Å². The van der Waals surface area contributed by atoms with Crippen LogP contribution < -0.4 is 25.3 Å². The fraction of sp³-hybridized carbons (Fsp3) is 0.485.